The second-order valence-corrected chi connectivity index (χ2v) is 5.07. The molecule has 0 bridgehead atoms. The molecule has 2 rings (SSSR count). The second-order valence-electron chi connectivity index (χ2n) is 3.52. The first-order valence-corrected chi connectivity index (χ1v) is 6.46. The van der Waals surface area contributed by atoms with Gasteiger partial charge in [-0.25, -0.2) is 4.98 Å². The van der Waals surface area contributed by atoms with E-state index in [1.165, 1.54) is 0 Å². The van der Waals surface area contributed by atoms with Crippen molar-refractivity contribution in [3.63, 3.8) is 0 Å². The SMILES string of the molecule is OCc1ccc(-c2c(Cl)ccc(Cl)c2Cl)c(Cl)n1. The largest absolute Gasteiger partial charge is 0.390 e. The number of aromatic nitrogens is 1. The van der Waals surface area contributed by atoms with Gasteiger partial charge in [0.05, 0.1) is 27.4 Å². The number of halogens is 4. The molecule has 0 atom stereocenters. The van der Waals surface area contributed by atoms with Gasteiger partial charge in [-0.2, -0.15) is 0 Å². The Hall–Kier alpha value is -0.510. The van der Waals surface area contributed by atoms with Gasteiger partial charge < -0.3 is 5.11 Å². The van der Waals surface area contributed by atoms with Gasteiger partial charge in [0.2, 0.25) is 0 Å². The van der Waals surface area contributed by atoms with Crippen LogP contribution in [0.5, 0.6) is 0 Å². The van der Waals surface area contributed by atoms with Gasteiger partial charge in [-0.05, 0) is 24.3 Å². The number of hydrogen-bond acceptors (Lipinski definition) is 2. The maximum atomic E-state index is 8.98. The van der Waals surface area contributed by atoms with Gasteiger partial charge in [-0.1, -0.05) is 46.4 Å². The van der Waals surface area contributed by atoms with Crippen LogP contribution >= 0.6 is 46.4 Å². The van der Waals surface area contributed by atoms with Gasteiger partial charge in [-0.15, -0.1) is 0 Å². The van der Waals surface area contributed by atoms with Crippen molar-refractivity contribution in [3.8, 4) is 11.1 Å². The summed E-state index contributed by atoms with van der Waals surface area (Å²) in [5, 5.41) is 10.3. The van der Waals surface area contributed by atoms with Gasteiger partial charge >= 0.3 is 0 Å². The van der Waals surface area contributed by atoms with E-state index in [1.54, 1.807) is 24.3 Å². The Bertz CT molecular complexity index is 601. The first-order chi connectivity index (χ1) is 8.54. The van der Waals surface area contributed by atoms with E-state index in [0.717, 1.165) is 0 Å². The summed E-state index contributed by atoms with van der Waals surface area (Å²) < 4.78 is 0. The first-order valence-electron chi connectivity index (χ1n) is 4.94. The van der Waals surface area contributed by atoms with Crippen LogP contribution in [0.4, 0.5) is 0 Å². The fourth-order valence-electron chi connectivity index (χ4n) is 1.52. The van der Waals surface area contributed by atoms with E-state index < -0.39 is 0 Å². The van der Waals surface area contributed by atoms with Crippen LogP contribution in [0.3, 0.4) is 0 Å². The number of aliphatic hydroxyl groups excluding tert-OH is 1. The third kappa shape index (κ3) is 2.58. The maximum absolute atomic E-state index is 8.98. The molecule has 0 unspecified atom stereocenters. The van der Waals surface area contributed by atoms with E-state index in [1.807, 2.05) is 0 Å². The molecule has 1 N–H and O–H groups in total. The Kier molecular flexibility index (Phi) is 4.36. The summed E-state index contributed by atoms with van der Waals surface area (Å²) in [6.45, 7) is -0.184. The Balaban J connectivity index is 2.66. The lowest BCUT2D eigenvalue weighted by atomic mass is 10.1. The molecule has 0 fully saturated rings. The number of rotatable bonds is 2. The number of benzene rings is 1. The predicted octanol–water partition coefficient (Wildman–Crippen LogP) is 4.85. The molecule has 0 aliphatic heterocycles. The highest BCUT2D eigenvalue weighted by Gasteiger charge is 2.15. The lowest BCUT2D eigenvalue weighted by molar-refractivity contribution is 0.277. The van der Waals surface area contributed by atoms with E-state index in [4.69, 9.17) is 51.5 Å². The van der Waals surface area contributed by atoms with Crippen LogP contribution in [0.25, 0.3) is 11.1 Å². The minimum Gasteiger partial charge on any atom is -0.390 e. The van der Waals surface area contributed by atoms with Crippen LogP contribution in [0.1, 0.15) is 5.69 Å². The molecule has 0 saturated carbocycles. The monoisotopic (exact) mass is 321 g/mol. The van der Waals surface area contributed by atoms with E-state index in [9.17, 15) is 0 Å². The van der Waals surface area contributed by atoms with Gasteiger partial charge in [-0.3, -0.25) is 0 Å². The summed E-state index contributed by atoms with van der Waals surface area (Å²) in [6, 6.07) is 6.60. The molecule has 94 valence electrons. The topological polar surface area (TPSA) is 33.1 Å². The van der Waals surface area contributed by atoms with E-state index in [0.29, 0.717) is 31.9 Å². The fraction of sp³-hybridized carbons (Fsp3) is 0.0833. The first kappa shape index (κ1) is 13.9. The zero-order valence-electron chi connectivity index (χ0n) is 8.92. The molecule has 18 heavy (non-hydrogen) atoms. The Morgan fingerprint density at radius 3 is 2.22 bits per heavy atom. The number of hydrogen-bond donors (Lipinski definition) is 1. The molecule has 2 aromatic rings. The molecule has 1 heterocycles. The third-order valence-electron chi connectivity index (χ3n) is 2.38. The summed E-state index contributed by atoms with van der Waals surface area (Å²) in [4.78, 5) is 4.03. The average molecular weight is 323 g/mol. The molecule has 0 radical (unpaired) electrons. The predicted molar refractivity (Wildman–Crippen MR) is 75.6 cm³/mol. The molecule has 0 aliphatic carbocycles. The highest BCUT2D eigenvalue weighted by Crippen LogP contribution is 2.41. The zero-order valence-corrected chi connectivity index (χ0v) is 11.9. The van der Waals surface area contributed by atoms with Crippen LogP contribution in [0.2, 0.25) is 20.2 Å². The van der Waals surface area contributed by atoms with Crippen molar-refractivity contribution in [2.24, 2.45) is 0 Å². The zero-order chi connectivity index (χ0) is 13.3. The van der Waals surface area contributed by atoms with Gasteiger partial charge in [0.15, 0.2) is 0 Å². The fourth-order valence-corrected chi connectivity index (χ4v) is 2.52. The standard InChI is InChI=1S/C12H7Cl4NO/c13-8-3-4-9(14)11(15)10(8)7-2-1-6(5-18)17-12(7)16/h1-4,18H,5H2. The van der Waals surface area contributed by atoms with E-state index >= 15 is 0 Å². The Morgan fingerprint density at radius 1 is 0.944 bits per heavy atom. The summed E-state index contributed by atoms with van der Waals surface area (Å²) in [5.41, 5.74) is 1.58. The molecule has 6 heteroatoms. The van der Waals surface area contributed by atoms with Crippen LogP contribution in [0, 0.1) is 0 Å². The maximum Gasteiger partial charge on any atom is 0.137 e. The molecular formula is C12H7Cl4NO. The van der Waals surface area contributed by atoms with Crippen LogP contribution in [0.15, 0.2) is 24.3 Å². The van der Waals surface area contributed by atoms with Crippen LogP contribution in [-0.4, -0.2) is 10.1 Å². The molecular weight excluding hydrogens is 316 g/mol. The minimum atomic E-state index is -0.184. The van der Waals surface area contributed by atoms with Gasteiger partial charge in [0.1, 0.15) is 5.15 Å². The van der Waals surface area contributed by atoms with Crippen molar-refractivity contribution in [2.75, 3.05) is 0 Å². The van der Waals surface area contributed by atoms with Crippen molar-refractivity contribution in [3.05, 3.63) is 50.2 Å². The normalized spacial score (nSPS) is 10.7. The van der Waals surface area contributed by atoms with Crippen molar-refractivity contribution in [1.82, 2.24) is 4.98 Å². The molecule has 0 spiro atoms. The molecule has 0 amide bonds. The molecule has 0 aliphatic rings. The summed E-state index contributed by atoms with van der Waals surface area (Å²) in [6.07, 6.45) is 0. The molecule has 0 saturated heterocycles. The van der Waals surface area contributed by atoms with E-state index in [2.05, 4.69) is 4.98 Å². The number of pyridine rings is 1. The van der Waals surface area contributed by atoms with Crippen molar-refractivity contribution >= 4 is 46.4 Å². The number of aliphatic hydroxyl groups is 1. The lowest BCUT2D eigenvalue weighted by Gasteiger charge is -2.10. The second kappa shape index (κ2) is 5.64. The van der Waals surface area contributed by atoms with Crippen molar-refractivity contribution in [1.29, 1.82) is 0 Å². The highest BCUT2D eigenvalue weighted by molar-refractivity contribution is 6.46. The molecule has 1 aromatic heterocycles. The Labute approximate surface area is 124 Å². The average Bonchev–Trinajstić information content (AvgIpc) is 2.36. The van der Waals surface area contributed by atoms with Crippen molar-refractivity contribution < 1.29 is 5.11 Å². The highest BCUT2D eigenvalue weighted by atomic mass is 35.5. The number of nitrogens with zero attached hydrogens (tertiary/aromatic N) is 1. The van der Waals surface area contributed by atoms with Crippen LogP contribution in [-0.2, 0) is 6.61 Å². The van der Waals surface area contributed by atoms with Gasteiger partial charge in [0.25, 0.3) is 0 Å². The quantitative estimate of drug-likeness (QED) is 0.633. The molecule has 1 aromatic carbocycles. The van der Waals surface area contributed by atoms with Crippen LogP contribution < -0.4 is 0 Å². The molecule has 2 nitrogen and oxygen atoms in total. The Morgan fingerprint density at radius 2 is 1.61 bits per heavy atom. The smallest absolute Gasteiger partial charge is 0.137 e. The summed E-state index contributed by atoms with van der Waals surface area (Å²) >= 11 is 24.2. The summed E-state index contributed by atoms with van der Waals surface area (Å²) in [5.74, 6) is 0. The summed E-state index contributed by atoms with van der Waals surface area (Å²) in [7, 11) is 0. The lowest BCUT2D eigenvalue weighted by Crippen LogP contribution is -1.92. The minimum absolute atomic E-state index is 0.184. The third-order valence-corrected chi connectivity index (χ3v) is 3.79. The van der Waals surface area contributed by atoms with Gasteiger partial charge in [0, 0.05) is 11.1 Å². The van der Waals surface area contributed by atoms with Crippen molar-refractivity contribution in [2.45, 2.75) is 6.61 Å². The van der Waals surface area contributed by atoms with E-state index in [-0.39, 0.29) is 11.8 Å².